The molecule has 0 fully saturated rings. The third-order valence-corrected chi connectivity index (χ3v) is 43.3. The molecule has 0 amide bonds. The Morgan fingerprint density at radius 3 is 0.750 bits per heavy atom. The van der Waals surface area contributed by atoms with Crippen LogP contribution in [0.3, 0.4) is 0 Å². The Labute approximate surface area is 200 Å². The normalized spacial score (nSPS) is 15.8. The predicted octanol–water partition coefficient (Wildman–Crippen LogP) is 6.58. The fourth-order valence-electron chi connectivity index (χ4n) is 6.92. The fourth-order valence-corrected chi connectivity index (χ4v) is 53.9. The van der Waals surface area contributed by atoms with E-state index in [9.17, 15) is 25.9 Å². The minimum atomic E-state index is -4.42. The molecule has 0 radical (unpaired) electrons. The van der Waals surface area contributed by atoms with Crippen LogP contribution in [0.5, 0.6) is 0 Å². The summed E-state index contributed by atoms with van der Waals surface area (Å²) >= 11 is 0. The summed E-state index contributed by atoms with van der Waals surface area (Å²) < 4.78 is 72.1. The maximum absolute atomic E-state index is 12.8. The van der Waals surface area contributed by atoms with E-state index >= 15 is 0 Å². The van der Waals surface area contributed by atoms with E-state index in [2.05, 4.69) is 55.4 Å². The average molecular weight is 531 g/mol. The first-order valence-electron chi connectivity index (χ1n) is 11.8. The Bertz CT molecular complexity index is 755. The lowest BCUT2D eigenvalue weighted by Gasteiger charge is -2.71. The SMILES string of the molecule is CCC(C)(C)[Si](CS(=O)(=O)O)(C(C)(C)CC)[Si](CS(=O)(=O)O)(C(C)(C)CC)C(C)(C)CC. The second-order valence-electron chi connectivity index (χ2n) is 12.2. The topological polar surface area (TPSA) is 109 Å². The van der Waals surface area contributed by atoms with Crippen molar-refractivity contribution in [2.75, 3.05) is 10.8 Å². The highest BCUT2D eigenvalue weighted by molar-refractivity contribution is 7.92. The lowest BCUT2D eigenvalue weighted by molar-refractivity contribution is 0.469. The molecule has 0 aromatic rings. The van der Waals surface area contributed by atoms with Crippen LogP contribution < -0.4 is 0 Å². The van der Waals surface area contributed by atoms with Crippen molar-refractivity contribution in [1.82, 2.24) is 0 Å². The molecule has 32 heavy (non-hydrogen) atoms. The molecule has 6 nitrogen and oxygen atoms in total. The van der Waals surface area contributed by atoms with Crippen molar-refractivity contribution in [2.24, 2.45) is 0 Å². The van der Waals surface area contributed by atoms with Crippen molar-refractivity contribution in [2.45, 2.75) is 129 Å². The van der Waals surface area contributed by atoms with Gasteiger partial charge in [-0.25, -0.2) is 0 Å². The molecule has 0 aliphatic heterocycles. The van der Waals surface area contributed by atoms with Gasteiger partial charge in [0.2, 0.25) is 0 Å². The summed E-state index contributed by atoms with van der Waals surface area (Å²) in [5, 5.41) is -2.76. The van der Waals surface area contributed by atoms with Crippen LogP contribution in [0.2, 0.25) is 20.2 Å². The van der Waals surface area contributed by atoms with Crippen molar-refractivity contribution < 1.29 is 25.9 Å². The van der Waals surface area contributed by atoms with Gasteiger partial charge in [0.1, 0.15) is 0 Å². The van der Waals surface area contributed by atoms with Gasteiger partial charge in [-0.15, -0.1) is 0 Å². The maximum Gasteiger partial charge on any atom is 0.262 e. The van der Waals surface area contributed by atoms with Gasteiger partial charge in [0, 0.05) is 0 Å². The molecule has 0 spiro atoms. The van der Waals surface area contributed by atoms with E-state index in [1.54, 1.807) is 0 Å². The molecule has 0 unspecified atom stereocenters. The van der Waals surface area contributed by atoms with Gasteiger partial charge in [-0.2, -0.15) is 16.8 Å². The van der Waals surface area contributed by atoms with Crippen LogP contribution in [0.15, 0.2) is 0 Å². The summed E-state index contributed by atoms with van der Waals surface area (Å²) in [7, 11) is -15.5. The van der Waals surface area contributed by atoms with Gasteiger partial charge in [-0.3, -0.25) is 9.11 Å². The Morgan fingerprint density at radius 1 is 0.500 bits per heavy atom. The minimum absolute atomic E-state index is 0.379. The van der Waals surface area contributed by atoms with Gasteiger partial charge in [0.15, 0.2) is 0 Å². The second kappa shape index (κ2) is 9.72. The van der Waals surface area contributed by atoms with E-state index in [1.807, 2.05) is 27.7 Å². The summed E-state index contributed by atoms with van der Waals surface area (Å²) in [5.74, 6) is 0. The molecule has 0 heterocycles. The van der Waals surface area contributed by atoms with Crippen molar-refractivity contribution >= 4 is 35.4 Å². The van der Waals surface area contributed by atoms with Crippen molar-refractivity contribution in [3.05, 3.63) is 0 Å². The molecule has 2 N–H and O–H groups in total. The first-order chi connectivity index (χ1) is 13.9. The van der Waals surface area contributed by atoms with Crippen LogP contribution in [0.4, 0.5) is 0 Å². The first kappa shape index (κ1) is 32.3. The second-order valence-corrected chi connectivity index (χ2v) is 31.0. The molecule has 0 atom stereocenters. The van der Waals surface area contributed by atoms with E-state index < -0.39 is 55.6 Å². The van der Waals surface area contributed by atoms with Crippen molar-refractivity contribution in [3.8, 4) is 0 Å². The Balaban J connectivity index is 8.60. The summed E-state index contributed by atoms with van der Waals surface area (Å²) in [4.78, 5) is 0. The maximum atomic E-state index is 12.8. The summed E-state index contributed by atoms with van der Waals surface area (Å²) in [6.07, 6.45) is 2.66. The molecule has 10 heteroatoms. The lowest BCUT2D eigenvalue weighted by atomic mass is 10.1. The van der Waals surface area contributed by atoms with Gasteiger partial charge >= 0.3 is 0 Å². The predicted molar refractivity (Wildman–Crippen MR) is 142 cm³/mol. The van der Waals surface area contributed by atoms with Crippen molar-refractivity contribution in [1.29, 1.82) is 0 Å². The van der Waals surface area contributed by atoms with Gasteiger partial charge in [0.05, 0.1) is 25.9 Å². The third kappa shape index (κ3) is 5.40. The Hall–Kier alpha value is 0.254. The van der Waals surface area contributed by atoms with Crippen LogP contribution in [0.25, 0.3) is 0 Å². The smallest absolute Gasteiger partial charge is 0.262 e. The standard InChI is InChI=1S/C22H50O6S2Si2/c1-13-19(5,6)31(17-29(23,24)25,20(7,8)14-2)32(18-30(26,27)28,21(9,10)15-3)22(11,12)16-4/h13-18H2,1-12H3,(H,23,24,25)(H,26,27,28). The van der Waals surface area contributed by atoms with E-state index in [4.69, 9.17) is 0 Å². The Kier molecular flexibility index (Phi) is 9.80. The molecular formula is C22H50O6S2Si2. The van der Waals surface area contributed by atoms with E-state index in [1.165, 1.54) is 0 Å². The van der Waals surface area contributed by atoms with Crippen LogP contribution in [0.1, 0.15) is 109 Å². The van der Waals surface area contributed by atoms with Gasteiger partial charge in [-0.1, -0.05) is 109 Å². The molecule has 0 saturated heterocycles. The Morgan fingerprint density at radius 2 is 0.656 bits per heavy atom. The fraction of sp³-hybridized carbons (Fsp3) is 1.00. The van der Waals surface area contributed by atoms with E-state index in [0.717, 1.165) is 0 Å². The summed E-state index contributed by atoms with van der Waals surface area (Å²) in [5.41, 5.74) is 0. The molecule has 194 valence electrons. The highest BCUT2D eigenvalue weighted by Crippen LogP contribution is 2.70. The number of hydrogen-bond donors (Lipinski definition) is 2. The molecule has 0 aromatic heterocycles. The summed E-state index contributed by atoms with van der Waals surface area (Å²) in [6.45, 7) is 24.7. The monoisotopic (exact) mass is 530 g/mol. The zero-order chi connectivity index (χ0) is 26.2. The highest BCUT2D eigenvalue weighted by atomic mass is 32.2. The van der Waals surface area contributed by atoms with Gasteiger partial charge in [0.25, 0.3) is 20.2 Å². The molecule has 0 aromatic carbocycles. The highest BCUT2D eigenvalue weighted by Gasteiger charge is 2.76. The largest absolute Gasteiger partial charge is 0.286 e. The molecule has 0 bridgehead atoms. The third-order valence-electron chi connectivity index (χ3n) is 9.68. The zero-order valence-corrected chi connectivity index (χ0v) is 26.2. The molecule has 0 aliphatic carbocycles. The molecule has 0 aliphatic rings. The van der Waals surface area contributed by atoms with E-state index in [-0.39, 0.29) is 10.8 Å². The zero-order valence-electron chi connectivity index (χ0n) is 22.6. The lowest BCUT2D eigenvalue weighted by Crippen LogP contribution is -2.84. The van der Waals surface area contributed by atoms with Crippen LogP contribution in [-0.2, 0) is 20.2 Å². The van der Waals surface area contributed by atoms with Crippen molar-refractivity contribution in [3.63, 3.8) is 0 Å². The molecule has 0 rings (SSSR count). The summed E-state index contributed by atoms with van der Waals surface area (Å²) in [6, 6.07) is 0. The minimum Gasteiger partial charge on any atom is -0.286 e. The van der Waals surface area contributed by atoms with Crippen LogP contribution in [-0.4, -0.2) is 51.9 Å². The average Bonchev–Trinajstić information content (AvgIpc) is 2.61. The van der Waals surface area contributed by atoms with Gasteiger partial charge in [-0.05, 0) is 20.2 Å². The molecule has 0 saturated carbocycles. The van der Waals surface area contributed by atoms with E-state index in [0.29, 0.717) is 25.7 Å². The molecular weight excluding hydrogens is 481 g/mol. The van der Waals surface area contributed by atoms with Crippen LogP contribution >= 0.6 is 0 Å². The van der Waals surface area contributed by atoms with Crippen LogP contribution in [0, 0.1) is 0 Å². The van der Waals surface area contributed by atoms with Gasteiger partial charge < -0.3 is 0 Å². The number of rotatable bonds is 13. The number of hydrogen-bond acceptors (Lipinski definition) is 4. The quantitative estimate of drug-likeness (QED) is 0.206. The first-order valence-corrected chi connectivity index (χ1v) is 20.4.